The van der Waals surface area contributed by atoms with Gasteiger partial charge in [-0.15, -0.1) is 0 Å². The van der Waals surface area contributed by atoms with E-state index in [1.165, 1.54) is 5.56 Å². The molecule has 1 nitrogen and oxygen atoms in total. The zero-order chi connectivity index (χ0) is 15.2. The number of benzene rings is 2. The average molecular weight is 371 g/mol. The average Bonchev–Trinajstić information content (AvgIpc) is 2.48. The van der Waals surface area contributed by atoms with Gasteiger partial charge in [0.2, 0.25) is 0 Å². The van der Waals surface area contributed by atoms with Crippen LogP contribution in [0.1, 0.15) is 24.0 Å². The van der Waals surface area contributed by atoms with Crippen LogP contribution in [0.15, 0.2) is 46.9 Å². The number of likely N-dealkylation sites (N-methyl/N-ethyl adjacent to an activating group) is 1. The first-order chi connectivity index (χ1) is 10.1. The second-order valence-corrected chi connectivity index (χ2v) is 6.20. The van der Waals surface area contributed by atoms with Gasteiger partial charge in [0.05, 0.1) is 5.02 Å². The van der Waals surface area contributed by atoms with E-state index in [-0.39, 0.29) is 16.8 Å². The molecule has 0 fully saturated rings. The summed E-state index contributed by atoms with van der Waals surface area (Å²) < 4.78 is 15.2. The fourth-order valence-corrected chi connectivity index (χ4v) is 3.19. The Labute approximate surface area is 138 Å². The van der Waals surface area contributed by atoms with Crippen molar-refractivity contribution < 1.29 is 4.39 Å². The lowest BCUT2D eigenvalue weighted by Gasteiger charge is -2.20. The lowest BCUT2D eigenvalue weighted by Crippen LogP contribution is -2.23. The van der Waals surface area contributed by atoms with Gasteiger partial charge in [0, 0.05) is 16.9 Å². The standard InChI is InChI=1S/C17H18BrClFN/c1-2-21-11-13(14-7-3-4-8-15(14)18)10-12-6-5-9-16(19)17(12)20/h3-9,13,21H,2,10-11H2,1H3. The molecule has 2 aromatic rings. The molecule has 0 aliphatic rings. The second kappa shape index (κ2) is 7.92. The lowest BCUT2D eigenvalue weighted by molar-refractivity contribution is 0.561. The Morgan fingerprint density at radius 3 is 2.67 bits per heavy atom. The van der Waals surface area contributed by atoms with E-state index in [1.807, 2.05) is 18.2 Å². The highest BCUT2D eigenvalue weighted by atomic mass is 79.9. The van der Waals surface area contributed by atoms with E-state index in [0.29, 0.717) is 12.0 Å². The Morgan fingerprint density at radius 1 is 1.19 bits per heavy atom. The third kappa shape index (κ3) is 4.29. The summed E-state index contributed by atoms with van der Waals surface area (Å²) >= 11 is 9.47. The number of hydrogen-bond donors (Lipinski definition) is 1. The van der Waals surface area contributed by atoms with Crippen LogP contribution < -0.4 is 5.32 Å². The summed E-state index contributed by atoms with van der Waals surface area (Å²) in [4.78, 5) is 0. The normalized spacial score (nSPS) is 12.4. The van der Waals surface area contributed by atoms with E-state index in [4.69, 9.17) is 11.6 Å². The Morgan fingerprint density at radius 2 is 1.95 bits per heavy atom. The van der Waals surface area contributed by atoms with Gasteiger partial charge in [0.25, 0.3) is 0 Å². The molecule has 2 rings (SSSR count). The van der Waals surface area contributed by atoms with Gasteiger partial charge in [0.15, 0.2) is 0 Å². The van der Waals surface area contributed by atoms with E-state index < -0.39 is 0 Å². The van der Waals surface area contributed by atoms with Gasteiger partial charge < -0.3 is 5.32 Å². The molecule has 0 bridgehead atoms. The van der Waals surface area contributed by atoms with Gasteiger partial charge in [0.1, 0.15) is 5.82 Å². The van der Waals surface area contributed by atoms with Crippen molar-refractivity contribution in [2.75, 3.05) is 13.1 Å². The molecule has 0 aromatic heterocycles. The molecule has 21 heavy (non-hydrogen) atoms. The SMILES string of the molecule is CCNCC(Cc1cccc(Cl)c1F)c1ccccc1Br. The van der Waals surface area contributed by atoms with E-state index >= 15 is 0 Å². The van der Waals surface area contributed by atoms with Crippen LogP contribution >= 0.6 is 27.5 Å². The summed E-state index contributed by atoms with van der Waals surface area (Å²) in [7, 11) is 0. The van der Waals surface area contributed by atoms with Gasteiger partial charge in [-0.3, -0.25) is 0 Å². The van der Waals surface area contributed by atoms with Crippen LogP contribution in [0.2, 0.25) is 5.02 Å². The van der Waals surface area contributed by atoms with E-state index in [0.717, 1.165) is 17.6 Å². The number of nitrogens with one attached hydrogen (secondary N) is 1. The maximum atomic E-state index is 14.1. The van der Waals surface area contributed by atoms with Gasteiger partial charge in [-0.2, -0.15) is 0 Å². The van der Waals surface area contributed by atoms with Gasteiger partial charge >= 0.3 is 0 Å². The highest BCUT2D eigenvalue weighted by Crippen LogP contribution is 2.29. The van der Waals surface area contributed by atoms with Crippen molar-refractivity contribution in [1.29, 1.82) is 0 Å². The van der Waals surface area contributed by atoms with Crippen molar-refractivity contribution in [3.8, 4) is 0 Å². The molecule has 0 heterocycles. The van der Waals surface area contributed by atoms with Crippen LogP contribution in [0.4, 0.5) is 4.39 Å². The molecule has 0 aliphatic carbocycles. The maximum absolute atomic E-state index is 14.1. The van der Waals surface area contributed by atoms with Crippen LogP contribution in [-0.2, 0) is 6.42 Å². The molecule has 112 valence electrons. The predicted octanol–water partition coefficient (Wildman–Crippen LogP) is 5.18. The van der Waals surface area contributed by atoms with E-state index in [1.54, 1.807) is 18.2 Å². The fourth-order valence-electron chi connectivity index (χ4n) is 2.39. The summed E-state index contributed by atoms with van der Waals surface area (Å²) in [6.07, 6.45) is 0.613. The van der Waals surface area contributed by atoms with Crippen LogP contribution in [0.5, 0.6) is 0 Å². The first kappa shape index (κ1) is 16.5. The highest BCUT2D eigenvalue weighted by Gasteiger charge is 2.17. The quantitative estimate of drug-likeness (QED) is 0.739. The predicted molar refractivity (Wildman–Crippen MR) is 90.5 cm³/mol. The monoisotopic (exact) mass is 369 g/mol. The van der Waals surface area contributed by atoms with Gasteiger partial charge in [-0.25, -0.2) is 4.39 Å². The Hall–Kier alpha value is -0.900. The summed E-state index contributed by atoms with van der Waals surface area (Å²) in [5, 5.41) is 3.53. The van der Waals surface area contributed by atoms with Crippen molar-refractivity contribution in [2.24, 2.45) is 0 Å². The van der Waals surface area contributed by atoms with Gasteiger partial charge in [-0.05, 0) is 36.2 Å². The topological polar surface area (TPSA) is 12.0 Å². The largest absolute Gasteiger partial charge is 0.316 e. The molecule has 0 saturated carbocycles. The zero-order valence-corrected chi connectivity index (χ0v) is 14.2. The second-order valence-electron chi connectivity index (χ2n) is 4.94. The highest BCUT2D eigenvalue weighted by molar-refractivity contribution is 9.10. The van der Waals surface area contributed by atoms with Crippen LogP contribution in [0, 0.1) is 5.82 Å². The molecule has 0 radical (unpaired) electrons. The number of halogens is 3. The van der Waals surface area contributed by atoms with Crippen molar-refractivity contribution in [3.05, 3.63) is 68.9 Å². The molecule has 0 amide bonds. The molecule has 1 atom stereocenters. The molecule has 1 unspecified atom stereocenters. The van der Waals surface area contributed by atoms with E-state index in [2.05, 4.69) is 34.2 Å². The smallest absolute Gasteiger partial charge is 0.144 e. The van der Waals surface area contributed by atoms with Crippen LogP contribution in [0.3, 0.4) is 0 Å². The molecule has 1 N–H and O–H groups in total. The van der Waals surface area contributed by atoms with Gasteiger partial charge in [-0.1, -0.05) is 64.8 Å². The number of hydrogen-bond acceptors (Lipinski definition) is 1. The van der Waals surface area contributed by atoms with Crippen LogP contribution in [-0.4, -0.2) is 13.1 Å². The number of rotatable bonds is 6. The Bertz CT molecular complexity index is 603. The van der Waals surface area contributed by atoms with Crippen LogP contribution in [0.25, 0.3) is 0 Å². The van der Waals surface area contributed by atoms with Crippen molar-refractivity contribution in [3.63, 3.8) is 0 Å². The lowest BCUT2D eigenvalue weighted by atomic mass is 9.91. The summed E-state index contributed by atoms with van der Waals surface area (Å²) in [5.41, 5.74) is 1.83. The summed E-state index contributed by atoms with van der Waals surface area (Å²) in [6, 6.07) is 13.3. The minimum atomic E-state index is -0.312. The maximum Gasteiger partial charge on any atom is 0.144 e. The summed E-state index contributed by atoms with van der Waals surface area (Å²) in [6.45, 7) is 3.75. The molecular weight excluding hydrogens is 353 g/mol. The first-order valence-electron chi connectivity index (χ1n) is 7.01. The fraction of sp³-hybridized carbons (Fsp3) is 0.294. The zero-order valence-electron chi connectivity index (χ0n) is 11.9. The Balaban J connectivity index is 2.28. The molecule has 2 aromatic carbocycles. The summed E-state index contributed by atoms with van der Waals surface area (Å²) in [5.74, 6) is -0.124. The molecule has 0 spiro atoms. The minimum Gasteiger partial charge on any atom is -0.316 e. The van der Waals surface area contributed by atoms with Crippen molar-refractivity contribution in [2.45, 2.75) is 19.3 Å². The third-order valence-electron chi connectivity index (χ3n) is 3.48. The molecule has 0 aliphatic heterocycles. The molecular formula is C17H18BrClFN. The minimum absolute atomic E-state index is 0.182. The first-order valence-corrected chi connectivity index (χ1v) is 8.18. The molecule has 4 heteroatoms. The van der Waals surface area contributed by atoms with E-state index in [9.17, 15) is 4.39 Å². The van der Waals surface area contributed by atoms with Crippen molar-refractivity contribution >= 4 is 27.5 Å². The molecule has 0 saturated heterocycles. The van der Waals surface area contributed by atoms with Crippen molar-refractivity contribution in [1.82, 2.24) is 5.32 Å². The Kier molecular flexibility index (Phi) is 6.22. The third-order valence-corrected chi connectivity index (χ3v) is 4.50.